The van der Waals surface area contributed by atoms with Gasteiger partial charge in [0.2, 0.25) is 5.51 Å². The SMILES string of the molecule is Fc1c(F)c(F)c([B-](c2c(F)c(F)c(F)c(F)c2F)(c2c(F)c(F)c(F)c(F)c2F)c2c(F)c(F)c(F)c(F)c2F)c(F)c1F.N#CC(C#N)=C(C[n+]1ccsc1)C(=O)c1ccccc1. The van der Waals surface area contributed by atoms with Crippen molar-refractivity contribution in [3.63, 3.8) is 0 Å². The van der Waals surface area contributed by atoms with Crippen LogP contribution < -0.4 is 26.4 Å². The molecule has 65 heavy (non-hydrogen) atoms. The van der Waals surface area contributed by atoms with Crippen molar-refractivity contribution in [2.24, 2.45) is 0 Å². The van der Waals surface area contributed by atoms with Crippen LogP contribution in [0.25, 0.3) is 0 Å². The Labute approximate surface area is 351 Å². The van der Waals surface area contributed by atoms with E-state index < -0.39 is 144 Å². The van der Waals surface area contributed by atoms with E-state index in [0.29, 0.717) is 5.56 Å². The van der Waals surface area contributed by atoms with E-state index in [1.54, 1.807) is 47.2 Å². The molecule has 6 rings (SSSR count). The summed E-state index contributed by atoms with van der Waals surface area (Å²) >= 11 is 1.48. The molecule has 0 spiro atoms. The number of hydrogen-bond acceptors (Lipinski definition) is 4. The maximum Gasteiger partial charge on any atom is 0.224 e. The first-order valence-electron chi connectivity index (χ1n) is 16.7. The number of nitrogens with zero attached hydrogens (tertiary/aromatic N) is 3. The van der Waals surface area contributed by atoms with Crippen LogP contribution in [-0.4, -0.2) is 11.9 Å². The minimum absolute atomic E-state index is 0.141. The second-order valence-electron chi connectivity index (χ2n) is 12.8. The van der Waals surface area contributed by atoms with Crippen LogP contribution in [0.4, 0.5) is 87.8 Å². The van der Waals surface area contributed by atoms with Crippen LogP contribution in [0.1, 0.15) is 10.4 Å². The predicted molar refractivity (Wildman–Crippen MR) is 183 cm³/mol. The molecule has 0 amide bonds. The van der Waals surface area contributed by atoms with Gasteiger partial charge in [-0.25, -0.2) is 87.8 Å². The zero-order valence-electron chi connectivity index (χ0n) is 30.6. The number of aromatic nitrogens is 1. The van der Waals surface area contributed by atoms with Gasteiger partial charge in [-0.15, -0.1) is 21.9 Å². The number of halogens is 20. The Morgan fingerprint density at radius 3 is 0.985 bits per heavy atom. The number of hydrogen-bond donors (Lipinski definition) is 0. The number of benzene rings is 5. The van der Waals surface area contributed by atoms with Crippen molar-refractivity contribution in [2.75, 3.05) is 0 Å². The average molecular weight is 959 g/mol. The summed E-state index contributed by atoms with van der Waals surface area (Å²) in [5, 5.41) is 19.9. The molecule has 26 heteroatoms. The van der Waals surface area contributed by atoms with Crippen LogP contribution in [-0.2, 0) is 6.54 Å². The lowest BCUT2D eigenvalue weighted by Gasteiger charge is -2.44. The first-order chi connectivity index (χ1) is 30.5. The third kappa shape index (κ3) is 7.80. The van der Waals surface area contributed by atoms with Gasteiger partial charge in [0, 0.05) is 5.56 Å². The summed E-state index contributed by atoms with van der Waals surface area (Å²) < 4.78 is 296. The molecule has 0 saturated heterocycles. The van der Waals surface area contributed by atoms with Crippen LogP contribution in [0.3, 0.4) is 0 Å². The second-order valence-corrected chi connectivity index (χ2v) is 13.5. The van der Waals surface area contributed by atoms with Gasteiger partial charge in [-0.05, 0) is 0 Å². The number of rotatable bonds is 8. The van der Waals surface area contributed by atoms with Gasteiger partial charge >= 0.3 is 0 Å². The van der Waals surface area contributed by atoms with Crippen molar-refractivity contribution in [3.8, 4) is 12.1 Å². The van der Waals surface area contributed by atoms with Crippen LogP contribution in [0.2, 0.25) is 0 Å². The lowest BCUT2D eigenvalue weighted by Crippen LogP contribution is -2.81. The molecule has 1 heterocycles. The quantitative estimate of drug-likeness (QED) is 0.0227. The van der Waals surface area contributed by atoms with Gasteiger partial charge in [0.25, 0.3) is 0 Å². The molecule has 6 aromatic rings. The van der Waals surface area contributed by atoms with E-state index in [1.807, 2.05) is 17.0 Å². The molecule has 0 atom stereocenters. The molecule has 5 aromatic carbocycles. The first-order valence-corrected chi connectivity index (χ1v) is 17.7. The number of ketones is 1. The predicted octanol–water partition coefficient (Wildman–Crippen LogP) is 8.11. The summed E-state index contributed by atoms with van der Waals surface area (Å²) in [4.78, 5) is 12.5. The minimum atomic E-state index is -7.22. The number of allylic oxidation sites excluding steroid dienone is 2. The minimum Gasteiger partial charge on any atom is -0.289 e. The Balaban J connectivity index is 0.000000330. The average Bonchev–Trinajstić information content (AvgIpc) is 3.82. The largest absolute Gasteiger partial charge is 0.289 e. The molecule has 336 valence electrons. The van der Waals surface area contributed by atoms with E-state index in [1.165, 1.54) is 11.3 Å². The zero-order valence-corrected chi connectivity index (χ0v) is 31.4. The fraction of sp³-hybridized carbons (Fsp3) is 0.0256. The molecule has 4 nitrogen and oxygen atoms in total. The fourth-order valence-corrected chi connectivity index (χ4v) is 7.19. The third-order valence-electron chi connectivity index (χ3n) is 9.41. The summed E-state index contributed by atoms with van der Waals surface area (Å²) in [6.45, 7) is 0.216. The summed E-state index contributed by atoms with van der Waals surface area (Å²) in [5.41, 5.74) is -12.0. The summed E-state index contributed by atoms with van der Waals surface area (Å²) in [6, 6.07) is 12.3. The molecule has 0 radical (unpaired) electrons. The molecule has 0 unspecified atom stereocenters. The zero-order chi connectivity index (χ0) is 48.7. The molecule has 0 saturated carbocycles. The molecule has 0 aliphatic rings. The van der Waals surface area contributed by atoms with E-state index in [0.717, 1.165) is 0 Å². The molecule has 1 aromatic heterocycles. The first kappa shape index (κ1) is 48.8. The third-order valence-corrected chi connectivity index (χ3v) is 10.1. The van der Waals surface area contributed by atoms with Crippen molar-refractivity contribution < 1.29 is 97.2 Å². The van der Waals surface area contributed by atoms with Crippen LogP contribution in [0, 0.1) is 139 Å². The van der Waals surface area contributed by atoms with E-state index in [2.05, 4.69) is 0 Å². The van der Waals surface area contributed by atoms with Gasteiger partial charge in [0.1, 0.15) is 70.4 Å². The molecular weight excluding hydrogens is 949 g/mol. The monoisotopic (exact) mass is 959 g/mol. The topological polar surface area (TPSA) is 68.5 Å². The van der Waals surface area contributed by atoms with Gasteiger partial charge in [-0.1, -0.05) is 41.7 Å². The van der Waals surface area contributed by atoms with Crippen molar-refractivity contribution in [1.29, 1.82) is 10.5 Å². The van der Waals surface area contributed by atoms with Gasteiger partial charge in [-0.2, -0.15) is 15.1 Å². The number of nitriles is 2. The van der Waals surface area contributed by atoms with Gasteiger partial charge in [0.05, 0.1) is 11.0 Å². The molecule has 0 aliphatic heterocycles. The smallest absolute Gasteiger partial charge is 0.224 e. The van der Waals surface area contributed by atoms with E-state index in [9.17, 15) is 57.5 Å². The summed E-state index contributed by atoms with van der Waals surface area (Å²) in [5.74, 6) is -71.7. The second kappa shape index (κ2) is 18.5. The van der Waals surface area contributed by atoms with Gasteiger partial charge in [-0.3, -0.25) is 4.79 Å². The number of Topliss-reactive ketones (excluding diaryl/α,β-unsaturated/α-hetero) is 1. The molecule has 0 aliphatic carbocycles. The lowest BCUT2D eigenvalue weighted by molar-refractivity contribution is -0.683. The Hall–Kier alpha value is -7.22. The highest BCUT2D eigenvalue weighted by molar-refractivity contribution is 7.20. The molecule has 0 fully saturated rings. The Morgan fingerprint density at radius 1 is 0.462 bits per heavy atom. The van der Waals surface area contributed by atoms with Crippen LogP contribution in [0.15, 0.2) is 58.6 Å². The van der Waals surface area contributed by atoms with Crippen LogP contribution in [0.5, 0.6) is 0 Å². The standard InChI is InChI=1S/C24BF20.C15H10N3OS/c26-5-1(6(27)14(35)21(42)13(5)34)25(2-7(28)15(36)22(43)16(37)8(2)29,3-9(30)17(38)23(44)18(39)10(3)31)4-11(32)19(40)24(45)20(41)12(4)33;16-8-13(9-17)14(10-18-6-7-20-11-18)15(19)12-4-2-1-3-5-12/h;1-7,11H,10H2/q-1;+1. The lowest BCUT2D eigenvalue weighted by atomic mass is 9.12. The highest BCUT2D eigenvalue weighted by Crippen LogP contribution is 2.31. The number of thiazole rings is 1. The van der Waals surface area contributed by atoms with E-state index in [4.69, 9.17) is 10.5 Å². The normalized spacial score (nSPS) is 11.2. The fourth-order valence-electron chi connectivity index (χ4n) is 6.60. The van der Waals surface area contributed by atoms with E-state index >= 15 is 35.1 Å². The van der Waals surface area contributed by atoms with Gasteiger partial charge in [0.15, 0.2) is 88.3 Å². The Morgan fingerprint density at radius 2 is 0.738 bits per heavy atom. The van der Waals surface area contributed by atoms with Crippen molar-refractivity contribution in [2.45, 2.75) is 6.54 Å². The molecule has 0 bridgehead atoms. The van der Waals surface area contributed by atoms with Crippen LogP contribution >= 0.6 is 11.3 Å². The highest BCUT2D eigenvalue weighted by atomic mass is 32.1. The highest BCUT2D eigenvalue weighted by Gasteiger charge is 2.52. The van der Waals surface area contributed by atoms with Crippen molar-refractivity contribution in [3.05, 3.63) is 180 Å². The number of carbonyl (C=O) groups excluding carboxylic acids is 1. The Kier molecular flexibility index (Phi) is 13.9. The molecular formula is C39H10BF20N3OS. The Bertz CT molecular complexity index is 2660. The van der Waals surface area contributed by atoms with Crippen molar-refractivity contribution >= 4 is 45.1 Å². The maximum absolute atomic E-state index is 15.4. The number of carbonyl (C=O) groups is 1. The maximum atomic E-state index is 15.4. The van der Waals surface area contributed by atoms with E-state index in [-0.39, 0.29) is 23.5 Å². The summed E-state index contributed by atoms with van der Waals surface area (Å²) in [6.07, 6.45) is -5.42. The van der Waals surface area contributed by atoms with Gasteiger partial charge < -0.3 is 0 Å². The molecule has 0 N–H and O–H groups in total. The van der Waals surface area contributed by atoms with Crippen molar-refractivity contribution in [1.82, 2.24) is 0 Å². The summed E-state index contributed by atoms with van der Waals surface area (Å²) in [7, 11) is 0.